The van der Waals surface area contributed by atoms with Crippen molar-refractivity contribution < 1.29 is 4.42 Å². The Labute approximate surface area is 130 Å². The Morgan fingerprint density at radius 3 is 2.59 bits per heavy atom. The summed E-state index contributed by atoms with van der Waals surface area (Å²) in [6.07, 6.45) is 1.94. The highest BCUT2D eigenvalue weighted by Crippen LogP contribution is 2.20. The largest absolute Gasteiger partial charge is 0.465 e. The van der Waals surface area contributed by atoms with Gasteiger partial charge in [-0.15, -0.1) is 0 Å². The fourth-order valence-corrected chi connectivity index (χ4v) is 2.62. The lowest BCUT2D eigenvalue weighted by Gasteiger charge is -2.13. The van der Waals surface area contributed by atoms with Gasteiger partial charge in [0.1, 0.15) is 11.5 Å². The van der Waals surface area contributed by atoms with Gasteiger partial charge in [0.2, 0.25) is 0 Å². The number of rotatable bonds is 5. The van der Waals surface area contributed by atoms with E-state index in [0.29, 0.717) is 6.54 Å². The van der Waals surface area contributed by atoms with Gasteiger partial charge in [-0.2, -0.15) is 5.10 Å². The first-order valence-electron chi connectivity index (χ1n) is 7.54. The summed E-state index contributed by atoms with van der Waals surface area (Å²) in [5.74, 6) is 1.90. The van der Waals surface area contributed by atoms with Crippen LogP contribution in [0.2, 0.25) is 0 Å². The second-order valence-corrected chi connectivity index (χ2v) is 5.55. The molecule has 0 bridgehead atoms. The van der Waals surface area contributed by atoms with Crippen molar-refractivity contribution in [1.82, 2.24) is 15.1 Å². The molecule has 4 nitrogen and oxygen atoms in total. The number of nitrogens with zero attached hydrogens (tertiary/aromatic N) is 2. The minimum atomic E-state index is 0.211. The van der Waals surface area contributed by atoms with Crippen molar-refractivity contribution >= 4 is 0 Å². The Morgan fingerprint density at radius 2 is 1.91 bits per heavy atom. The number of benzene rings is 1. The summed E-state index contributed by atoms with van der Waals surface area (Å²) in [7, 11) is 0. The summed E-state index contributed by atoms with van der Waals surface area (Å²) in [5.41, 5.74) is 3.44. The molecule has 0 fully saturated rings. The molecule has 3 aromatic rings. The smallest absolute Gasteiger partial charge is 0.117 e. The highest BCUT2D eigenvalue weighted by atomic mass is 16.3. The molecule has 114 valence electrons. The van der Waals surface area contributed by atoms with Crippen molar-refractivity contribution in [2.24, 2.45) is 0 Å². The van der Waals surface area contributed by atoms with Crippen LogP contribution in [-0.4, -0.2) is 9.78 Å². The third kappa shape index (κ3) is 2.97. The average Bonchev–Trinajstić information content (AvgIpc) is 3.12. The molecule has 0 unspecified atom stereocenters. The molecular weight excluding hydrogens is 274 g/mol. The van der Waals surface area contributed by atoms with Crippen LogP contribution in [-0.2, 0) is 6.54 Å². The summed E-state index contributed by atoms with van der Waals surface area (Å²) in [5, 5.41) is 8.01. The third-order valence-corrected chi connectivity index (χ3v) is 3.89. The Balaban J connectivity index is 1.73. The Morgan fingerprint density at radius 1 is 1.14 bits per heavy atom. The molecule has 0 saturated carbocycles. The third-order valence-electron chi connectivity index (χ3n) is 3.89. The van der Waals surface area contributed by atoms with E-state index < -0.39 is 0 Å². The van der Waals surface area contributed by atoms with E-state index in [1.165, 1.54) is 5.56 Å². The molecular formula is C18H21N3O. The zero-order valence-electron chi connectivity index (χ0n) is 13.2. The van der Waals surface area contributed by atoms with Crippen LogP contribution in [0.1, 0.15) is 35.7 Å². The van der Waals surface area contributed by atoms with E-state index >= 15 is 0 Å². The molecule has 1 N–H and O–H groups in total. The predicted molar refractivity (Wildman–Crippen MR) is 87.0 cm³/mol. The number of hydrogen-bond acceptors (Lipinski definition) is 3. The van der Waals surface area contributed by atoms with Gasteiger partial charge in [-0.05, 0) is 45.0 Å². The molecule has 22 heavy (non-hydrogen) atoms. The Kier molecular flexibility index (Phi) is 4.11. The Bertz CT molecular complexity index is 743. The topological polar surface area (TPSA) is 43.0 Å². The number of aromatic nitrogens is 2. The molecule has 0 aliphatic rings. The number of aryl methyl sites for hydroxylation is 1. The predicted octanol–water partition coefficient (Wildman–Crippen LogP) is 3.93. The first-order valence-corrected chi connectivity index (χ1v) is 7.54. The molecule has 2 heterocycles. The van der Waals surface area contributed by atoms with Gasteiger partial charge in [-0.3, -0.25) is 0 Å². The summed E-state index contributed by atoms with van der Waals surface area (Å²) < 4.78 is 7.57. The van der Waals surface area contributed by atoms with E-state index in [0.717, 1.165) is 22.9 Å². The van der Waals surface area contributed by atoms with Gasteiger partial charge in [-0.1, -0.05) is 18.2 Å². The minimum Gasteiger partial charge on any atom is -0.465 e. The Hall–Kier alpha value is -2.33. The van der Waals surface area contributed by atoms with E-state index in [2.05, 4.69) is 36.4 Å². The van der Waals surface area contributed by atoms with E-state index in [-0.39, 0.29) is 6.04 Å². The zero-order chi connectivity index (χ0) is 15.5. The van der Waals surface area contributed by atoms with Crippen molar-refractivity contribution in [2.45, 2.75) is 33.4 Å². The molecule has 2 aromatic heterocycles. The maximum atomic E-state index is 5.59. The van der Waals surface area contributed by atoms with Gasteiger partial charge in [-0.25, -0.2) is 4.68 Å². The van der Waals surface area contributed by atoms with Crippen LogP contribution in [0.25, 0.3) is 5.69 Å². The van der Waals surface area contributed by atoms with E-state index in [1.807, 2.05) is 48.1 Å². The van der Waals surface area contributed by atoms with Gasteiger partial charge in [0, 0.05) is 17.3 Å². The standard InChI is InChI=1S/C18H21N3O/c1-13-9-10-17(22-13)11-19-14(2)18-12-20-21(15(18)3)16-7-5-4-6-8-16/h4-10,12,14,19H,11H2,1-3H3/t14-/m0/s1. The highest BCUT2D eigenvalue weighted by molar-refractivity contribution is 5.35. The zero-order valence-corrected chi connectivity index (χ0v) is 13.2. The van der Waals surface area contributed by atoms with Crippen LogP contribution in [0.5, 0.6) is 0 Å². The van der Waals surface area contributed by atoms with Crippen molar-refractivity contribution in [2.75, 3.05) is 0 Å². The first kappa shape index (κ1) is 14.6. The van der Waals surface area contributed by atoms with Crippen molar-refractivity contribution in [3.63, 3.8) is 0 Å². The number of nitrogens with one attached hydrogen (secondary N) is 1. The second-order valence-electron chi connectivity index (χ2n) is 5.55. The monoisotopic (exact) mass is 295 g/mol. The molecule has 0 radical (unpaired) electrons. The van der Waals surface area contributed by atoms with E-state index in [1.54, 1.807) is 0 Å². The lowest BCUT2D eigenvalue weighted by atomic mass is 10.1. The molecule has 0 aliphatic heterocycles. The van der Waals surface area contributed by atoms with Crippen molar-refractivity contribution in [1.29, 1.82) is 0 Å². The summed E-state index contributed by atoms with van der Waals surface area (Å²) in [6, 6.07) is 14.4. The van der Waals surface area contributed by atoms with Crippen LogP contribution in [0.3, 0.4) is 0 Å². The maximum Gasteiger partial charge on any atom is 0.117 e. The van der Waals surface area contributed by atoms with Crippen LogP contribution >= 0.6 is 0 Å². The highest BCUT2D eigenvalue weighted by Gasteiger charge is 2.14. The number of hydrogen-bond donors (Lipinski definition) is 1. The van der Waals surface area contributed by atoms with Gasteiger partial charge < -0.3 is 9.73 Å². The van der Waals surface area contributed by atoms with Gasteiger partial charge in [0.15, 0.2) is 0 Å². The second kappa shape index (κ2) is 6.20. The van der Waals surface area contributed by atoms with Crippen LogP contribution in [0.15, 0.2) is 53.1 Å². The fourth-order valence-electron chi connectivity index (χ4n) is 2.62. The molecule has 0 amide bonds. The van der Waals surface area contributed by atoms with Gasteiger partial charge in [0.05, 0.1) is 18.4 Å². The lowest BCUT2D eigenvalue weighted by Crippen LogP contribution is -2.18. The van der Waals surface area contributed by atoms with Crippen LogP contribution < -0.4 is 5.32 Å². The fraction of sp³-hybridized carbons (Fsp3) is 0.278. The number of furan rings is 1. The quantitative estimate of drug-likeness (QED) is 0.775. The minimum absolute atomic E-state index is 0.211. The molecule has 3 rings (SSSR count). The molecule has 1 aromatic carbocycles. The maximum absolute atomic E-state index is 5.59. The van der Waals surface area contributed by atoms with E-state index in [9.17, 15) is 0 Å². The number of para-hydroxylation sites is 1. The SMILES string of the molecule is Cc1ccc(CN[C@@H](C)c2cnn(-c3ccccc3)c2C)o1. The van der Waals surface area contributed by atoms with Gasteiger partial charge in [0.25, 0.3) is 0 Å². The van der Waals surface area contributed by atoms with Crippen LogP contribution in [0, 0.1) is 13.8 Å². The normalized spacial score (nSPS) is 12.5. The molecule has 0 aliphatic carbocycles. The molecule has 0 spiro atoms. The molecule has 0 saturated heterocycles. The van der Waals surface area contributed by atoms with Crippen LogP contribution in [0.4, 0.5) is 0 Å². The lowest BCUT2D eigenvalue weighted by molar-refractivity contribution is 0.443. The average molecular weight is 295 g/mol. The summed E-state index contributed by atoms with van der Waals surface area (Å²) in [6.45, 7) is 6.92. The van der Waals surface area contributed by atoms with Gasteiger partial charge >= 0.3 is 0 Å². The molecule has 4 heteroatoms. The summed E-state index contributed by atoms with van der Waals surface area (Å²) in [4.78, 5) is 0. The summed E-state index contributed by atoms with van der Waals surface area (Å²) >= 11 is 0. The molecule has 1 atom stereocenters. The van der Waals surface area contributed by atoms with Crippen molar-refractivity contribution in [3.8, 4) is 5.69 Å². The first-order chi connectivity index (χ1) is 10.6. The van der Waals surface area contributed by atoms with Crippen molar-refractivity contribution in [3.05, 3.63) is 71.4 Å². The van der Waals surface area contributed by atoms with E-state index in [4.69, 9.17) is 4.42 Å².